The van der Waals surface area contributed by atoms with Crippen molar-refractivity contribution in [3.05, 3.63) is 53.7 Å². The standard InChI is InChI=1S/C24H30N2O6S/c1-16(2)14-26(33(27,28)20-9-7-17(3)8-10-20)15-19-13-21(32-25-19)18-11-22(29-4)24(31-6)23(12-18)30-5/h7-13,16H,14-15H2,1-6H3. The third kappa shape index (κ3) is 5.48. The van der Waals surface area contributed by atoms with Gasteiger partial charge in [0, 0.05) is 18.2 Å². The average Bonchev–Trinajstić information content (AvgIpc) is 3.26. The molecule has 0 radical (unpaired) electrons. The number of hydrogen-bond donors (Lipinski definition) is 0. The predicted molar refractivity (Wildman–Crippen MR) is 125 cm³/mol. The Hall–Kier alpha value is -3.04. The number of sulfonamides is 1. The fraction of sp³-hybridized carbons (Fsp3) is 0.375. The lowest BCUT2D eigenvalue weighted by atomic mass is 10.1. The van der Waals surface area contributed by atoms with Gasteiger partial charge in [-0.05, 0) is 37.1 Å². The van der Waals surface area contributed by atoms with Crippen molar-refractivity contribution in [1.82, 2.24) is 9.46 Å². The zero-order valence-electron chi connectivity index (χ0n) is 19.8. The number of aryl methyl sites for hydroxylation is 1. The minimum atomic E-state index is -3.70. The molecular weight excluding hydrogens is 444 g/mol. The molecule has 3 aromatic rings. The van der Waals surface area contributed by atoms with Crippen LogP contribution in [0.25, 0.3) is 11.3 Å². The van der Waals surface area contributed by atoms with Crippen LogP contribution in [0.3, 0.4) is 0 Å². The number of hydrogen-bond acceptors (Lipinski definition) is 7. The average molecular weight is 475 g/mol. The zero-order valence-corrected chi connectivity index (χ0v) is 20.6. The highest BCUT2D eigenvalue weighted by Gasteiger charge is 2.27. The Bertz CT molecular complexity index is 1160. The van der Waals surface area contributed by atoms with E-state index in [1.54, 1.807) is 42.5 Å². The Morgan fingerprint density at radius 3 is 2.09 bits per heavy atom. The third-order valence-corrected chi connectivity index (χ3v) is 6.90. The van der Waals surface area contributed by atoms with Crippen LogP contribution >= 0.6 is 0 Å². The number of rotatable bonds is 10. The van der Waals surface area contributed by atoms with Crippen molar-refractivity contribution in [2.75, 3.05) is 27.9 Å². The molecule has 9 heteroatoms. The minimum Gasteiger partial charge on any atom is -0.493 e. The molecule has 0 saturated carbocycles. The lowest BCUT2D eigenvalue weighted by molar-refractivity contribution is 0.324. The van der Waals surface area contributed by atoms with Crippen LogP contribution in [0.2, 0.25) is 0 Å². The van der Waals surface area contributed by atoms with Gasteiger partial charge in [-0.2, -0.15) is 4.31 Å². The summed E-state index contributed by atoms with van der Waals surface area (Å²) in [7, 11) is 0.899. The number of aromatic nitrogens is 1. The highest BCUT2D eigenvalue weighted by molar-refractivity contribution is 7.89. The van der Waals surface area contributed by atoms with Gasteiger partial charge < -0.3 is 18.7 Å². The van der Waals surface area contributed by atoms with Gasteiger partial charge in [-0.25, -0.2) is 8.42 Å². The molecule has 0 aliphatic carbocycles. The van der Waals surface area contributed by atoms with Gasteiger partial charge in [0.25, 0.3) is 0 Å². The smallest absolute Gasteiger partial charge is 0.243 e. The summed E-state index contributed by atoms with van der Waals surface area (Å²) in [4.78, 5) is 0.252. The van der Waals surface area contributed by atoms with Gasteiger partial charge >= 0.3 is 0 Å². The molecule has 0 fully saturated rings. The maximum atomic E-state index is 13.3. The second-order valence-corrected chi connectivity index (χ2v) is 10.0. The first-order valence-electron chi connectivity index (χ1n) is 10.5. The van der Waals surface area contributed by atoms with Crippen LogP contribution in [0.5, 0.6) is 17.2 Å². The number of ether oxygens (including phenoxy) is 3. The summed E-state index contributed by atoms with van der Waals surface area (Å²) >= 11 is 0. The molecule has 0 saturated heterocycles. The summed E-state index contributed by atoms with van der Waals surface area (Å²) in [5.41, 5.74) is 2.16. The van der Waals surface area contributed by atoms with E-state index >= 15 is 0 Å². The minimum absolute atomic E-state index is 0.0856. The lowest BCUT2D eigenvalue weighted by Gasteiger charge is -2.23. The van der Waals surface area contributed by atoms with E-state index in [2.05, 4.69) is 5.16 Å². The van der Waals surface area contributed by atoms with E-state index in [1.165, 1.54) is 25.6 Å². The van der Waals surface area contributed by atoms with Gasteiger partial charge in [0.05, 0.1) is 38.5 Å². The van der Waals surface area contributed by atoms with E-state index in [1.807, 2.05) is 20.8 Å². The van der Waals surface area contributed by atoms with Crippen molar-refractivity contribution in [3.8, 4) is 28.6 Å². The maximum absolute atomic E-state index is 13.3. The molecule has 0 atom stereocenters. The molecule has 0 aliphatic heterocycles. The van der Waals surface area contributed by atoms with Crippen LogP contribution in [0.1, 0.15) is 25.1 Å². The predicted octanol–water partition coefficient (Wildman–Crippen LogP) is 4.52. The Morgan fingerprint density at radius 1 is 0.970 bits per heavy atom. The zero-order chi connectivity index (χ0) is 24.2. The number of benzene rings is 2. The molecule has 1 aromatic heterocycles. The molecule has 0 spiro atoms. The molecule has 0 bridgehead atoms. The SMILES string of the molecule is COc1cc(-c2cc(CN(CC(C)C)S(=O)(=O)c3ccc(C)cc3)no2)cc(OC)c1OC. The van der Waals surface area contributed by atoms with Gasteiger partial charge in [0.1, 0.15) is 0 Å². The molecule has 0 unspecified atom stereocenters. The second kappa shape index (κ2) is 10.3. The number of methoxy groups -OCH3 is 3. The van der Waals surface area contributed by atoms with Gasteiger partial charge in [0.15, 0.2) is 17.3 Å². The van der Waals surface area contributed by atoms with Gasteiger partial charge in [-0.15, -0.1) is 0 Å². The monoisotopic (exact) mass is 474 g/mol. The van der Waals surface area contributed by atoms with Crippen molar-refractivity contribution in [1.29, 1.82) is 0 Å². The second-order valence-electron chi connectivity index (χ2n) is 8.10. The van der Waals surface area contributed by atoms with E-state index in [9.17, 15) is 8.42 Å². The fourth-order valence-electron chi connectivity index (χ4n) is 3.44. The lowest BCUT2D eigenvalue weighted by Crippen LogP contribution is -2.34. The first-order valence-corrected chi connectivity index (χ1v) is 12.0. The van der Waals surface area contributed by atoms with Crippen molar-refractivity contribution < 1.29 is 27.2 Å². The van der Waals surface area contributed by atoms with Crippen molar-refractivity contribution in [3.63, 3.8) is 0 Å². The fourth-order valence-corrected chi connectivity index (χ4v) is 5.02. The van der Waals surface area contributed by atoms with Crippen molar-refractivity contribution >= 4 is 10.0 Å². The summed E-state index contributed by atoms with van der Waals surface area (Å²) in [6.45, 7) is 6.30. The summed E-state index contributed by atoms with van der Waals surface area (Å²) in [6.07, 6.45) is 0. The van der Waals surface area contributed by atoms with Gasteiger partial charge in [0.2, 0.25) is 15.8 Å². The summed E-state index contributed by atoms with van der Waals surface area (Å²) in [6, 6.07) is 12.1. The van der Waals surface area contributed by atoms with Crippen LogP contribution in [-0.2, 0) is 16.6 Å². The molecular formula is C24H30N2O6S. The van der Waals surface area contributed by atoms with E-state index in [0.29, 0.717) is 40.8 Å². The molecule has 0 amide bonds. The van der Waals surface area contributed by atoms with Gasteiger partial charge in [-0.3, -0.25) is 0 Å². The molecule has 0 aliphatic rings. The molecule has 0 N–H and O–H groups in total. The van der Waals surface area contributed by atoms with Crippen LogP contribution in [0.15, 0.2) is 51.9 Å². The van der Waals surface area contributed by atoms with Crippen LogP contribution in [0, 0.1) is 12.8 Å². The van der Waals surface area contributed by atoms with E-state index in [4.69, 9.17) is 18.7 Å². The van der Waals surface area contributed by atoms with Crippen LogP contribution < -0.4 is 14.2 Å². The van der Waals surface area contributed by atoms with E-state index < -0.39 is 10.0 Å². The van der Waals surface area contributed by atoms with E-state index in [0.717, 1.165) is 5.56 Å². The topological polar surface area (TPSA) is 91.1 Å². The molecule has 2 aromatic carbocycles. The summed E-state index contributed by atoms with van der Waals surface area (Å²) in [5.74, 6) is 2.02. The molecule has 8 nitrogen and oxygen atoms in total. The van der Waals surface area contributed by atoms with Crippen molar-refractivity contribution in [2.45, 2.75) is 32.2 Å². The molecule has 178 valence electrons. The Morgan fingerprint density at radius 2 is 1.58 bits per heavy atom. The molecule has 3 rings (SSSR count). The maximum Gasteiger partial charge on any atom is 0.243 e. The summed E-state index contributed by atoms with van der Waals surface area (Å²) in [5, 5.41) is 4.12. The first kappa shape index (κ1) is 24.6. The largest absolute Gasteiger partial charge is 0.493 e. The third-order valence-electron chi connectivity index (χ3n) is 5.07. The van der Waals surface area contributed by atoms with Crippen molar-refractivity contribution in [2.24, 2.45) is 5.92 Å². The first-order chi connectivity index (χ1) is 15.7. The van der Waals surface area contributed by atoms with Crippen LogP contribution in [0.4, 0.5) is 0 Å². The number of nitrogens with zero attached hydrogens (tertiary/aromatic N) is 2. The van der Waals surface area contributed by atoms with Gasteiger partial charge in [-0.1, -0.05) is 36.7 Å². The highest BCUT2D eigenvalue weighted by atomic mass is 32.2. The highest BCUT2D eigenvalue weighted by Crippen LogP contribution is 2.41. The quantitative estimate of drug-likeness (QED) is 0.427. The van der Waals surface area contributed by atoms with E-state index in [-0.39, 0.29) is 17.4 Å². The van der Waals surface area contributed by atoms with Crippen LogP contribution in [-0.4, -0.2) is 45.8 Å². The Labute approximate surface area is 195 Å². The molecule has 33 heavy (non-hydrogen) atoms. The Balaban J connectivity index is 1.93. The Kier molecular flexibility index (Phi) is 7.65. The summed E-state index contributed by atoms with van der Waals surface area (Å²) < 4.78 is 49.8. The molecule has 1 heterocycles. The normalized spacial score (nSPS) is 11.8.